The van der Waals surface area contributed by atoms with Gasteiger partial charge in [-0.15, -0.1) is 0 Å². The molecule has 31 heavy (non-hydrogen) atoms. The van der Waals surface area contributed by atoms with E-state index in [-0.39, 0.29) is 0 Å². The Morgan fingerprint density at radius 2 is 0.935 bits per heavy atom. The summed E-state index contributed by atoms with van der Waals surface area (Å²) in [4.78, 5) is 5.25. The van der Waals surface area contributed by atoms with Gasteiger partial charge < -0.3 is 0 Å². The lowest BCUT2D eigenvalue weighted by Crippen LogP contribution is -2.30. The maximum atomic E-state index is 6.00. The highest BCUT2D eigenvalue weighted by molar-refractivity contribution is 8.37. The molecule has 0 unspecified atom stereocenters. The Morgan fingerprint density at radius 3 is 1.35 bits per heavy atom. The van der Waals surface area contributed by atoms with E-state index in [1.165, 1.54) is 15.9 Å². The van der Waals surface area contributed by atoms with Crippen LogP contribution in [0.5, 0.6) is 0 Å². The van der Waals surface area contributed by atoms with Gasteiger partial charge in [0.1, 0.15) is 9.24 Å². The molecule has 4 heteroatoms. The minimum Gasteiger partial charge on any atom is -0.238 e. The minimum atomic E-state index is -2.25. The Balaban J connectivity index is 1.93. The molecule has 1 heterocycles. The van der Waals surface area contributed by atoms with Gasteiger partial charge in [-0.25, -0.2) is 4.99 Å². The molecule has 0 bridgehead atoms. The average Bonchev–Trinajstić information content (AvgIpc) is 3.24. The Bertz CT molecular complexity index is 1200. The molecule has 0 N–H and O–H groups in total. The van der Waals surface area contributed by atoms with Gasteiger partial charge in [0.05, 0.1) is 5.42 Å². The van der Waals surface area contributed by atoms with Crippen LogP contribution in [0.1, 0.15) is 5.56 Å². The Kier molecular flexibility index (Phi) is 5.74. The van der Waals surface area contributed by atoms with Crippen molar-refractivity contribution in [1.82, 2.24) is 0 Å². The van der Waals surface area contributed by atoms with E-state index in [4.69, 9.17) is 17.2 Å². The fourth-order valence-corrected chi connectivity index (χ4v) is 10.0. The van der Waals surface area contributed by atoms with Gasteiger partial charge >= 0.3 is 0 Å². The molecule has 4 aromatic carbocycles. The third-order valence-corrected chi connectivity index (χ3v) is 11.2. The van der Waals surface area contributed by atoms with E-state index in [1.54, 1.807) is 11.8 Å². The summed E-state index contributed by atoms with van der Waals surface area (Å²) in [6, 6.07) is 42.6. The molecule has 1 nitrogen and oxygen atoms in total. The largest absolute Gasteiger partial charge is 0.238 e. The fourth-order valence-electron chi connectivity index (χ4n) is 3.98. The first kappa shape index (κ1) is 20.2. The monoisotopic (exact) mass is 453 g/mol. The zero-order valence-electron chi connectivity index (χ0n) is 16.8. The lowest BCUT2D eigenvalue weighted by Gasteiger charge is -2.30. The highest BCUT2D eigenvalue weighted by Gasteiger charge is 2.35. The van der Waals surface area contributed by atoms with Gasteiger partial charge in [0.15, 0.2) is 0 Å². The summed E-state index contributed by atoms with van der Waals surface area (Å²) >= 11 is 7.61. The Hall–Kier alpha value is -2.71. The first-order valence-corrected chi connectivity index (χ1v) is 13.1. The highest BCUT2D eigenvalue weighted by atomic mass is 32.2. The minimum absolute atomic E-state index is 0.865. The number of aliphatic imine (C=N–C) groups is 1. The zero-order valence-corrected chi connectivity index (χ0v) is 19.3. The van der Waals surface area contributed by atoms with E-state index >= 15 is 0 Å². The second kappa shape index (κ2) is 8.80. The van der Waals surface area contributed by atoms with Gasteiger partial charge in [-0.2, -0.15) is 0 Å². The van der Waals surface area contributed by atoms with E-state index in [1.807, 2.05) is 18.2 Å². The van der Waals surface area contributed by atoms with Crippen molar-refractivity contribution < 1.29 is 0 Å². The number of thiocarbonyl (C=S) groups is 1. The standard InChI is InChI=1S/C27H20NPS2/c30-27-25(28-26(31-27)21-13-5-1-6-14-21)29(22-15-7-2-8-16-22,23-17-9-3-10-18-23)24-19-11-4-12-20-24/h1-20H. The summed E-state index contributed by atoms with van der Waals surface area (Å²) in [5.41, 5.74) is 2.13. The van der Waals surface area contributed by atoms with Crippen LogP contribution < -0.4 is 15.9 Å². The quantitative estimate of drug-likeness (QED) is 0.293. The van der Waals surface area contributed by atoms with Crippen molar-refractivity contribution in [1.29, 1.82) is 0 Å². The second-order valence-corrected chi connectivity index (χ2v) is 12.2. The molecule has 0 atom stereocenters. The molecule has 0 aliphatic carbocycles. The van der Waals surface area contributed by atoms with Crippen LogP contribution in [0.25, 0.3) is 0 Å². The van der Waals surface area contributed by atoms with E-state index < -0.39 is 6.89 Å². The van der Waals surface area contributed by atoms with Crippen molar-refractivity contribution >= 4 is 61.4 Å². The van der Waals surface area contributed by atoms with Crippen molar-refractivity contribution in [2.75, 3.05) is 0 Å². The molecule has 0 spiro atoms. The summed E-state index contributed by atoms with van der Waals surface area (Å²) in [5, 5.41) is 4.78. The van der Waals surface area contributed by atoms with E-state index in [0.717, 1.165) is 20.2 Å². The first-order valence-electron chi connectivity index (χ1n) is 10.1. The first-order chi connectivity index (χ1) is 15.3. The molecule has 0 radical (unpaired) electrons. The second-order valence-electron chi connectivity index (χ2n) is 7.17. The summed E-state index contributed by atoms with van der Waals surface area (Å²) in [6.07, 6.45) is 0. The maximum absolute atomic E-state index is 6.00. The van der Waals surface area contributed by atoms with Crippen LogP contribution in [-0.2, 0) is 0 Å². The molecule has 1 aliphatic heterocycles. The molecule has 0 fully saturated rings. The Labute approximate surface area is 192 Å². The third-order valence-electron chi connectivity index (χ3n) is 5.35. The zero-order chi connectivity index (χ0) is 21.1. The van der Waals surface area contributed by atoms with E-state index in [0.29, 0.717) is 0 Å². The molecule has 150 valence electrons. The molecule has 0 amide bonds. The van der Waals surface area contributed by atoms with Crippen molar-refractivity contribution in [3.63, 3.8) is 0 Å². The van der Waals surface area contributed by atoms with Gasteiger partial charge in [-0.1, -0.05) is 145 Å². The van der Waals surface area contributed by atoms with Crippen LogP contribution in [-0.4, -0.2) is 14.7 Å². The molecule has 1 aliphatic rings. The van der Waals surface area contributed by atoms with Gasteiger partial charge in [-0.3, -0.25) is 0 Å². The van der Waals surface area contributed by atoms with Gasteiger partial charge in [0.25, 0.3) is 0 Å². The van der Waals surface area contributed by atoms with Crippen molar-refractivity contribution in [2.45, 2.75) is 0 Å². The SMILES string of the molecule is S=C1SC(c2ccccc2)=NC1=P(c1ccccc1)(c1ccccc1)c1ccccc1. The van der Waals surface area contributed by atoms with Crippen molar-refractivity contribution in [3.05, 3.63) is 127 Å². The number of hydrogen-bond donors (Lipinski definition) is 0. The van der Waals surface area contributed by atoms with Crippen LogP contribution in [0.3, 0.4) is 0 Å². The van der Waals surface area contributed by atoms with Crippen LogP contribution in [0.15, 0.2) is 126 Å². The summed E-state index contributed by atoms with van der Waals surface area (Å²) in [7, 11) is 0. The topological polar surface area (TPSA) is 12.4 Å². The molecule has 5 rings (SSSR count). The third kappa shape index (κ3) is 3.64. The van der Waals surface area contributed by atoms with Crippen LogP contribution in [0.2, 0.25) is 0 Å². The predicted octanol–water partition coefficient (Wildman–Crippen LogP) is 5.63. The van der Waals surface area contributed by atoms with Gasteiger partial charge in [0, 0.05) is 12.4 Å². The smallest absolute Gasteiger partial charge is 0.110 e. The number of hydrogen-bond acceptors (Lipinski definition) is 2. The number of rotatable bonds is 4. The van der Waals surface area contributed by atoms with Gasteiger partial charge in [0.2, 0.25) is 0 Å². The van der Waals surface area contributed by atoms with E-state index in [2.05, 4.69) is 103 Å². The summed E-state index contributed by atoms with van der Waals surface area (Å²) in [6.45, 7) is -2.25. The molecule has 0 saturated heterocycles. The van der Waals surface area contributed by atoms with Crippen LogP contribution >= 0.6 is 30.9 Å². The normalized spacial score (nSPS) is 13.9. The number of thioether (sulfide) groups is 1. The van der Waals surface area contributed by atoms with Crippen LogP contribution in [0, 0.1) is 0 Å². The van der Waals surface area contributed by atoms with Gasteiger partial charge in [-0.05, 0) is 15.9 Å². The predicted molar refractivity (Wildman–Crippen MR) is 143 cm³/mol. The molecular weight excluding hydrogens is 433 g/mol. The lowest BCUT2D eigenvalue weighted by atomic mass is 10.2. The average molecular weight is 454 g/mol. The number of benzene rings is 4. The molecule has 4 aromatic rings. The maximum Gasteiger partial charge on any atom is 0.110 e. The molecule has 0 saturated carbocycles. The fraction of sp³-hybridized carbons (Fsp3) is 0. The highest BCUT2D eigenvalue weighted by Crippen LogP contribution is 2.49. The van der Waals surface area contributed by atoms with E-state index in [9.17, 15) is 0 Å². The molecular formula is C27H20NPS2. The van der Waals surface area contributed by atoms with Crippen molar-refractivity contribution in [3.8, 4) is 0 Å². The van der Waals surface area contributed by atoms with Crippen molar-refractivity contribution in [2.24, 2.45) is 4.99 Å². The van der Waals surface area contributed by atoms with Crippen LogP contribution in [0.4, 0.5) is 0 Å². The molecule has 0 aromatic heterocycles. The summed E-state index contributed by atoms with van der Waals surface area (Å²) < 4.78 is 0.865. The summed E-state index contributed by atoms with van der Waals surface area (Å²) in [5.74, 6) is 0. The Morgan fingerprint density at radius 1 is 0.548 bits per heavy atom. The lowest BCUT2D eigenvalue weighted by molar-refractivity contribution is 1.65. The number of nitrogens with zero attached hydrogens (tertiary/aromatic N) is 1.